The summed E-state index contributed by atoms with van der Waals surface area (Å²) in [5, 5.41) is 3.56. The molecule has 0 spiro atoms. The Morgan fingerprint density at radius 2 is 2.00 bits per heavy atom. The Morgan fingerprint density at radius 1 is 1.26 bits per heavy atom. The van der Waals surface area contributed by atoms with Gasteiger partial charge in [0.25, 0.3) is 11.8 Å². The van der Waals surface area contributed by atoms with Crippen molar-refractivity contribution in [3.63, 3.8) is 0 Å². The summed E-state index contributed by atoms with van der Waals surface area (Å²) in [4.78, 5) is 39.5. The molecule has 3 rings (SSSR count). The zero-order valence-corrected chi connectivity index (χ0v) is 16.0. The van der Waals surface area contributed by atoms with Crippen LogP contribution in [0.3, 0.4) is 0 Å². The number of rotatable bonds is 6. The molecule has 2 aliphatic rings. The highest BCUT2D eigenvalue weighted by molar-refractivity contribution is 6.07. The number of hydrazine groups is 1. The van der Waals surface area contributed by atoms with Gasteiger partial charge < -0.3 is 5.32 Å². The molecule has 0 aromatic heterocycles. The number of urea groups is 1. The molecule has 2 fully saturated rings. The van der Waals surface area contributed by atoms with Crippen LogP contribution in [0.25, 0.3) is 0 Å². The van der Waals surface area contributed by atoms with Gasteiger partial charge in [0.2, 0.25) is 0 Å². The van der Waals surface area contributed by atoms with Crippen LogP contribution in [0.4, 0.5) is 4.79 Å². The minimum absolute atomic E-state index is 0.193. The maximum absolute atomic E-state index is 12.8. The Kier molecular flexibility index (Phi) is 5.79. The van der Waals surface area contributed by atoms with Gasteiger partial charge in [-0.1, -0.05) is 36.8 Å². The van der Waals surface area contributed by atoms with Crippen molar-refractivity contribution in [1.29, 1.82) is 0 Å². The number of aryl methyl sites for hydroxylation is 1. The Bertz CT molecular complexity index is 708. The molecule has 7 nitrogen and oxygen atoms in total. The summed E-state index contributed by atoms with van der Waals surface area (Å²) >= 11 is 0. The SMILES string of the molecule is C[C@@H]1CCCCN1CC(=O)NN1C(=O)N[C@](C)(CCc2ccccc2)C1=O. The quantitative estimate of drug-likeness (QED) is 0.747. The second-order valence-electron chi connectivity index (χ2n) is 7.74. The number of benzene rings is 1. The van der Waals surface area contributed by atoms with E-state index in [2.05, 4.69) is 22.6 Å². The number of hydrogen-bond donors (Lipinski definition) is 2. The molecule has 0 aliphatic carbocycles. The highest BCUT2D eigenvalue weighted by atomic mass is 16.2. The summed E-state index contributed by atoms with van der Waals surface area (Å²) in [7, 11) is 0. The van der Waals surface area contributed by atoms with Crippen molar-refractivity contribution in [2.75, 3.05) is 13.1 Å². The molecule has 7 heteroatoms. The number of likely N-dealkylation sites (tertiary alicyclic amines) is 1. The Hall–Kier alpha value is -2.41. The van der Waals surface area contributed by atoms with Crippen LogP contribution in [-0.2, 0) is 16.0 Å². The molecule has 1 aromatic carbocycles. The minimum atomic E-state index is -1.02. The average Bonchev–Trinajstić information content (AvgIpc) is 2.86. The molecular formula is C20H28N4O3. The fraction of sp³-hybridized carbons (Fsp3) is 0.550. The lowest BCUT2D eigenvalue weighted by Crippen LogP contribution is -2.52. The van der Waals surface area contributed by atoms with E-state index >= 15 is 0 Å². The third-order valence-electron chi connectivity index (χ3n) is 5.54. The molecule has 2 aliphatic heterocycles. The fourth-order valence-corrected chi connectivity index (χ4v) is 3.73. The number of carbonyl (C=O) groups is 3. The van der Waals surface area contributed by atoms with Gasteiger partial charge in [-0.2, -0.15) is 5.01 Å². The van der Waals surface area contributed by atoms with Crippen molar-refractivity contribution >= 4 is 17.8 Å². The molecule has 0 saturated carbocycles. The Balaban J connectivity index is 1.57. The number of nitrogens with one attached hydrogen (secondary N) is 2. The van der Waals surface area contributed by atoms with Crippen LogP contribution in [-0.4, -0.2) is 52.4 Å². The first-order valence-electron chi connectivity index (χ1n) is 9.63. The van der Waals surface area contributed by atoms with Crippen LogP contribution in [0.15, 0.2) is 30.3 Å². The number of hydrogen-bond acceptors (Lipinski definition) is 4. The molecule has 2 atom stereocenters. The van der Waals surface area contributed by atoms with Gasteiger partial charge in [-0.05, 0) is 51.6 Å². The summed E-state index contributed by atoms with van der Waals surface area (Å²) in [5.74, 6) is -0.747. The predicted octanol–water partition coefficient (Wildman–Crippen LogP) is 1.84. The molecule has 27 heavy (non-hydrogen) atoms. The van der Waals surface area contributed by atoms with Crippen molar-refractivity contribution < 1.29 is 14.4 Å². The van der Waals surface area contributed by atoms with Gasteiger partial charge in [0, 0.05) is 6.04 Å². The first kappa shape index (κ1) is 19.4. The van der Waals surface area contributed by atoms with E-state index < -0.39 is 17.5 Å². The summed E-state index contributed by atoms with van der Waals surface area (Å²) < 4.78 is 0. The maximum Gasteiger partial charge on any atom is 0.344 e. The lowest BCUT2D eigenvalue weighted by atomic mass is 9.93. The lowest BCUT2D eigenvalue weighted by Gasteiger charge is -2.32. The maximum atomic E-state index is 12.8. The second-order valence-corrected chi connectivity index (χ2v) is 7.74. The number of imide groups is 1. The predicted molar refractivity (Wildman–Crippen MR) is 102 cm³/mol. The summed E-state index contributed by atoms with van der Waals surface area (Å²) in [6, 6.07) is 9.57. The van der Waals surface area contributed by atoms with E-state index in [9.17, 15) is 14.4 Å². The van der Waals surface area contributed by atoms with E-state index in [0.29, 0.717) is 18.9 Å². The summed E-state index contributed by atoms with van der Waals surface area (Å²) in [6.45, 7) is 4.86. The molecule has 0 radical (unpaired) electrons. The molecule has 2 saturated heterocycles. The summed E-state index contributed by atoms with van der Waals surface area (Å²) in [6.07, 6.45) is 4.44. The van der Waals surface area contributed by atoms with Crippen LogP contribution in [0.1, 0.15) is 45.1 Å². The first-order valence-corrected chi connectivity index (χ1v) is 9.63. The van der Waals surface area contributed by atoms with Crippen molar-refractivity contribution in [3.05, 3.63) is 35.9 Å². The topological polar surface area (TPSA) is 81.8 Å². The summed E-state index contributed by atoms with van der Waals surface area (Å²) in [5.41, 5.74) is 2.57. The third-order valence-corrected chi connectivity index (χ3v) is 5.54. The van der Waals surface area contributed by atoms with Crippen molar-refractivity contribution in [1.82, 2.24) is 20.7 Å². The van der Waals surface area contributed by atoms with Crippen LogP contribution >= 0.6 is 0 Å². The monoisotopic (exact) mass is 372 g/mol. The van der Waals surface area contributed by atoms with Crippen LogP contribution in [0.2, 0.25) is 0 Å². The first-order chi connectivity index (χ1) is 12.9. The van der Waals surface area contributed by atoms with Gasteiger partial charge in [0.1, 0.15) is 5.54 Å². The second kappa shape index (κ2) is 8.08. The third kappa shape index (κ3) is 4.47. The van der Waals surface area contributed by atoms with Crippen LogP contribution in [0.5, 0.6) is 0 Å². The minimum Gasteiger partial charge on any atom is -0.322 e. The normalized spacial score (nSPS) is 26.1. The molecule has 2 N–H and O–H groups in total. The van der Waals surface area contributed by atoms with Crippen molar-refractivity contribution in [2.24, 2.45) is 0 Å². The van der Waals surface area contributed by atoms with Gasteiger partial charge >= 0.3 is 6.03 Å². The molecule has 0 unspecified atom stereocenters. The molecule has 4 amide bonds. The van der Waals surface area contributed by atoms with E-state index in [1.54, 1.807) is 6.92 Å². The van der Waals surface area contributed by atoms with E-state index in [4.69, 9.17) is 0 Å². The van der Waals surface area contributed by atoms with E-state index in [1.165, 1.54) is 6.42 Å². The Labute approximate surface area is 160 Å². The number of carbonyl (C=O) groups excluding carboxylic acids is 3. The lowest BCUT2D eigenvalue weighted by molar-refractivity contribution is -0.139. The zero-order valence-electron chi connectivity index (χ0n) is 16.0. The van der Waals surface area contributed by atoms with Crippen LogP contribution in [0, 0.1) is 0 Å². The van der Waals surface area contributed by atoms with Gasteiger partial charge in [-0.15, -0.1) is 0 Å². The average molecular weight is 372 g/mol. The standard InChI is InChI=1S/C20H28N4O3/c1-15-8-6-7-13-23(15)14-17(25)22-24-18(26)20(2,21-19(24)27)12-11-16-9-4-3-5-10-16/h3-5,9-10,15H,6-8,11-14H2,1-2H3,(H,21,27)(H,22,25)/t15-,20-/m1/s1. The van der Waals surface area contributed by atoms with Crippen molar-refractivity contribution in [2.45, 2.75) is 57.5 Å². The molecular weight excluding hydrogens is 344 g/mol. The number of piperidine rings is 1. The molecule has 0 bridgehead atoms. The van der Waals surface area contributed by atoms with Crippen molar-refractivity contribution in [3.8, 4) is 0 Å². The molecule has 2 heterocycles. The smallest absolute Gasteiger partial charge is 0.322 e. The molecule has 146 valence electrons. The number of amides is 4. The van der Waals surface area contributed by atoms with Gasteiger partial charge in [-0.3, -0.25) is 19.9 Å². The highest BCUT2D eigenvalue weighted by Crippen LogP contribution is 2.22. The van der Waals surface area contributed by atoms with E-state index in [0.717, 1.165) is 30.0 Å². The molecule has 1 aromatic rings. The van der Waals surface area contributed by atoms with Gasteiger partial charge in [0.15, 0.2) is 0 Å². The zero-order chi connectivity index (χ0) is 19.4. The van der Waals surface area contributed by atoms with Crippen LogP contribution < -0.4 is 10.7 Å². The van der Waals surface area contributed by atoms with Gasteiger partial charge in [-0.25, -0.2) is 4.79 Å². The number of nitrogens with zero attached hydrogens (tertiary/aromatic N) is 2. The van der Waals surface area contributed by atoms with Gasteiger partial charge in [0.05, 0.1) is 6.54 Å². The highest BCUT2D eigenvalue weighted by Gasteiger charge is 2.48. The largest absolute Gasteiger partial charge is 0.344 e. The van der Waals surface area contributed by atoms with E-state index in [1.807, 2.05) is 30.3 Å². The van der Waals surface area contributed by atoms with E-state index in [-0.39, 0.29) is 12.5 Å². The fourth-order valence-electron chi connectivity index (χ4n) is 3.73. The Morgan fingerprint density at radius 3 is 2.70 bits per heavy atom.